The molecule has 0 radical (unpaired) electrons. The number of nitrogens with zero attached hydrogens (tertiary/aromatic N) is 2. The van der Waals surface area contributed by atoms with Gasteiger partial charge in [-0.25, -0.2) is 13.4 Å². The molecule has 0 aromatic carbocycles. The molecule has 1 aromatic heterocycles. The summed E-state index contributed by atoms with van der Waals surface area (Å²) < 4.78 is 24.8. The van der Waals surface area contributed by atoms with Crippen molar-refractivity contribution >= 4 is 44.2 Å². The van der Waals surface area contributed by atoms with Crippen molar-refractivity contribution in [3.63, 3.8) is 0 Å². The number of aromatic nitrogens is 1. The second kappa shape index (κ2) is 5.90. The minimum absolute atomic E-state index is 0.0573. The maximum atomic E-state index is 12.2. The summed E-state index contributed by atoms with van der Waals surface area (Å²) in [6, 6.07) is 0. The Morgan fingerprint density at radius 2 is 2.25 bits per heavy atom. The average Bonchev–Trinajstić information content (AvgIpc) is 2.75. The van der Waals surface area contributed by atoms with E-state index in [4.69, 9.17) is 0 Å². The molecule has 0 saturated heterocycles. The number of sulfonamides is 1. The van der Waals surface area contributed by atoms with E-state index >= 15 is 0 Å². The molecule has 0 spiro atoms. The van der Waals surface area contributed by atoms with Crippen molar-refractivity contribution in [1.29, 1.82) is 0 Å². The van der Waals surface area contributed by atoms with Crippen molar-refractivity contribution in [2.75, 3.05) is 23.8 Å². The molecular weight excluding hydrogens is 318 g/mol. The SMILES string of the molecule is CSC(C)C(=O)N1CCc2nc(NS(C)(=O)=O)sc2C1. The molecule has 1 atom stereocenters. The summed E-state index contributed by atoms with van der Waals surface area (Å²) in [5.74, 6) is 0.120. The summed E-state index contributed by atoms with van der Waals surface area (Å²) in [5.41, 5.74) is 0.891. The lowest BCUT2D eigenvalue weighted by Crippen LogP contribution is -2.39. The quantitative estimate of drug-likeness (QED) is 0.893. The van der Waals surface area contributed by atoms with E-state index in [0.29, 0.717) is 24.6 Å². The molecule has 1 N–H and O–H groups in total. The second-order valence-corrected chi connectivity index (χ2v) is 8.66. The van der Waals surface area contributed by atoms with Gasteiger partial charge in [-0.3, -0.25) is 9.52 Å². The first kappa shape index (κ1) is 15.6. The highest BCUT2D eigenvalue weighted by Crippen LogP contribution is 2.29. The van der Waals surface area contributed by atoms with Crippen LogP contribution in [0.4, 0.5) is 5.13 Å². The molecule has 0 aliphatic carbocycles. The highest BCUT2D eigenvalue weighted by Gasteiger charge is 2.27. The van der Waals surface area contributed by atoms with Gasteiger partial charge in [0.2, 0.25) is 15.9 Å². The number of thiazole rings is 1. The van der Waals surface area contributed by atoms with Gasteiger partial charge in [0.15, 0.2) is 5.13 Å². The van der Waals surface area contributed by atoms with Crippen LogP contribution in [0.25, 0.3) is 0 Å². The third kappa shape index (κ3) is 3.64. The Hall–Kier alpha value is -0.800. The standard InChI is InChI=1S/C11H17N3O3S3/c1-7(18-2)10(15)14-5-4-8-9(6-14)19-11(12-8)13-20(3,16)17/h7H,4-6H2,1-3H3,(H,12,13). The number of amides is 1. The van der Waals surface area contributed by atoms with Gasteiger partial charge >= 0.3 is 0 Å². The van der Waals surface area contributed by atoms with Crippen molar-refractivity contribution in [3.8, 4) is 0 Å². The summed E-state index contributed by atoms with van der Waals surface area (Å²) in [6.07, 6.45) is 3.69. The van der Waals surface area contributed by atoms with Gasteiger partial charge in [-0.1, -0.05) is 11.3 Å². The minimum atomic E-state index is -3.31. The molecular formula is C11H17N3O3S3. The lowest BCUT2D eigenvalue weighted by molar-refractivity contribution is -0.131. The first-order valence-electron chi connectivity index (χ1n) is 6.08. The Morgan fingerprint density at radius 1 is 1.55 bits per heavy atom. The van der Waals surface area contributed by atoms with Crippen LogP contribution in [-0.4, -0.2) is 48.5 Å². The number of carbonyl (C=O) groups excluding carboxylic acids is 1. The van der Waals surface area contributed by atoms with Gasteiger partial charge in [0.1, 0.15) is 0 Å². The van der Waals surface area contributed by atoms with Crippen LogP contribution >= 0.6 is 23.1 Å². The summed E-state index contributed by atoms with van der Waals surface area (Å²) in [5, 5.41) is 0.322. The summed E-state index contributed by atoms with van der Waals surface area (Å²) in [7, 11) is -3.31. The van der Waals surface area contributed by atoms with Crippen molar-refractivity contribution in [1.82, 2.24) is 9.88 Å². The molecule has 1 aliphatic heterocycles. The van der Waals surface area contributed by atoms with Gasteiger partial charge in [-0.2, -0.15) is 11.8 Å². The second-order valence-electron chi connectivity index (χ2n) is 4.65. The molecule has 112 valence electrons. The van der Waals surface area contributed by atoms with Crippen molar-refractivity contribution < 1.29 is 13.2 Å². The predicted octanol–water partition coefficient (Wildman–Crippen LogP) is 1.15. The minimum Gasteiger partial charge on any atom is -0.336 e. The lowest BCUT2D eigenvalue weighted by atomic mass is 10.1. The Balaban J connectivity index is 2.12. The highest BCUT2D eigenvalue weighted by atomic mass is 32.2. The molecule has 2 rings (SSSR count). The van der Waals surface area contributed by atoms with E-state index < -0.39 is 10.0 Å². The molecule has 1 aromatic rings. The summed E-state index contributed by atoms with van der Waals surface area (Å²) >= 11 is 2.83. The fourth-order valence-electron chi connectivity index (χ4n) is 1.94. The van der Waals surface area contributed by atoms with E-state index in [1.54, 1.807) is 0 Å². The van der Waals surface area contributed by atoms with Crippen LogP contribution < -0.4 is 4.72 Å². The molecule has 0 bridgehead atoms. The smallest absolute Gasteiger partial charge is 0.235 e. The number of hydrogen-bond donors (Lipinski definition) is 1. The maximum Gasteiger partial charge on any atom is 0.235 e. The van der Waals surface area contributed by atoms with Gasteiger partial charge in [0, 0.05) is 17.8 Å². The molecule has 0 saturated carbocycles. The molecule has 6 nitrogen and oxygen atoms in total. The first-order chi connectivity index (χ1) is 9.30. The number of fused-ring (bicyclic) bond motifs is 1. The number of hydrogen-bond acceptors (Lipinski definition) is 6. The average molecular weight is 335 g/mol. The van der Waals surface area contributed by atoms with Gasteiger partial charge in [0.25, 0.3) is 0 Å². The van der Waals surface area contributed by atoms with Crippen molar-refractivity contribution in [2.24, 2.45) is 0 Å². The van der Waals surface area contributed by atoms with Gasteiger partial charge in [-0.15, -0.1) is 0 Å². The summed E-state index contributed by atoms with van der Waals surface area (Å²) in [6.45, 7) is 3.05. The zero-order valence-electron chi connectivity index (χ0n) is 11.5. The number of nitrogens with one attached hydrogen (secondary N) is 1. The van der Waals surface area contributed by atoms with Crippen LogP contribution in [0.1, 0.15) is 17.5 Å². The van der Waals surface area contributed by atoms with Crippen LogP contribution in [0, 0.1) is 0 Å². The van der Waals surface area contributed by atoms with E-state index in [9.17, 15) is 13.2 Å². The molecule has 2 heterocycles. The topological polar surface area (TPSA) is 79.4 Å². The van der Waals surface area contributed by atoms with E-state index in [1.165, 1.54) is 23.1 Å². The van der Waals surface area contributed by atoms with Gasteiger partial charge in [-0.05, 0) is 13.2 Å². The number of carbonyl (C=O) groups is 1. The number of thioether (sulfide) groups is 1. The number of anilines is 1. The van der Waals surface area contributed by atoms with E-state index in [-0.39, 0.29) is 11.2 Å². The van der Waals surface area contributed by atoms with Crippen molar-refractivity contribution in [2.45, 2.75) is 25.1 Å². The first-order valence-corrected chi connectivity index (χ1v) is 10.1. The van der Waals surface area contributed by atoms with Crippen LogP contribution in [0.3, 0.4) is 0 Å². The Bertz CT molecular complexity index is 612. The molecule has 1 amide bonds. The monoisotopic (exact) mass is 335 g/mol. The van der Waals surface area contributed by atoms with Crippen LogP contribution in [-0.2, 0) is 27.8 Å². The molecule has 1 unspecified atom stereocenters. The summed E-state index contributed by atoms with van der Waals surface area (Å²) in [4.78, 5) is 19.2. The van der Waals surface area contributed by atoms with Gasteiger partial charge in [0.05, 0.1) is 23.7 Å². The van der Waals surface area contributed by atoms with E-state index in [1.807, 2.05) is 18.1 Å². The zero-order valence-corrected chi connectivity index (χ0v) is 14.0. The fraction of sp³-hybridized carbons (Fsp3) is 0.636. The van der Waals surface area contributed by atoms with Gasteiger partial charge < -0.3 is 4.90 Å². The molecule has 1 aliphatic rings. The third-order valence-corrected chi connectivity index (χ3v) is 5.62. The van der Waals surface area contributed by atoms with E-state index in [2.05, 4.69) is 9.71 Å². The molecule has 9 heteroatoms. The van der Waals surface area contributed by atoms with Crippen LogP contribution in [0.2, 0.25) is 0 Å². The van der Waals surface area contributed by atoms with Crippen LogP contribution in [0.5, 0.6) is 0 Å². The van der Waals surface area contributed by atoms with Crippen LogP contribution in [0.15, 0.2) is 0 Å². The Kier molecular flexibility index (Phi) is 4.60. The molecule has 20 heavy (non-hydrogen) atoms. The van der Waals surface area contributed by atoms with E-state index in [0.717, 1.165) is 16.8 Å². The largest absolute Gasteiger partial charge is 0.336 e. The Morgan fingerprint density at radius 3 is 2.85 bits per heavy atom. The highest BCUT2D eigenvalue weighted by molar-refractivity contribution is 7.99. The lowest BCUT2D eigenvalue weighted by Gasteiger charge is -2.28. The molecule has 0 fully saturated rings. The zero-order chi connectivity index (χ0) is 14.9. The maximum absolute atomic E-state index is 12.2. The predicted molar refractivity (Wildman–Crippen MR) is 82.7 cm³/mol. The number of rotatable bonds is 4. The fourth-order valence-corrected chi connectivity index (χ4v) is 4.15. The van der Waals surface area contributed by atoms with Crippen molar-refractivity contribution in [3.05, 3.63) is 10.6 Å². The third-order valence-electron chi connectivity index (χ3n) is 3.02. The normalized spacial score (nSPS) is 16.6. The Labute approximate surface area is 127 Å².